The normalized spacial score (nSPS) is 13.0. The van der Waals surface area contributed by atoms with E-state index in [-0.39, 0.29) is 5.69 Å². The smallest absolute Gasteiger partial charge is 0.269 e. The van der Waals surface area contributed by atoms with Crippen LogP contribution in [0.5, 0.6) is 0 Å². The fourth-order valence-electron chi connectivity index (χ4n) is 2.76. The Labute approximate surface area is 127 Å². The lowest BCUT2D eigenvalue weighted by molar-refractivity contribution is -0.384. The summed E-state index contributed by atoms with van der Waals surface area (Å²) in [5.74, 6) is 0. The molecule has 0 aromatic heterocycles. The minimum atomic E-state index is -0.411. The number of nitro groups is 1. The van der Waals surface area contributed by atoms with E-state index in [1.165, 1.54) is 12.1 Å². The highest BCUT2D eigenvalue weighted by atomic mass is 16.6. The lowest BCUT2D eigenvalue weighted by Gasteiger charge is -2.19. The maximum absolute atomic E-state index is 10.7. The summed E-state index contributed by atoms with van der Waals surface area (Å²) in [6.07, 6.45) is 1.21. The molecule has 2 aromatic rings. The van der Waals surface area contributed by atoms with Gasteiger partial charge in [0.05, 0.1) is 23.1 Å². The van der Waals surface area contributed by atoms with E-state index in [2.05, 4.69) is 11.1 Å². The van der Waals surface area contributed by atoms with Gasteiger partial charge in [-0.2, -0.15) is 5.26 Å². The predicted molar refractivity (Wildman–Crippen MR) is 83.1 cm³/mol. The molecule has 2 aromatic carbocycles. The van der Waals surface area contributed by atoms with E-state index in [0.717, 1.165) is 34.4 Å². The molecule has 0 aliphatic carbocycles. The first-order chi connectivity index (χ1) is 10.7. The number of rotatable bonds is 3. The van der Waals surface area contributed by atoms with Gasteiger partial charge in [-0.15, -0.1) is 0 Å². The largest absolute Gasteiger partial charge is 0.284 e. The molecule has 0 bridgehead atoms. The van der Waals surface area contributed by atoms with Crippen LogP contribution in [0.1, 0.15) is 22.3 Å². The first kappa shape index (κ1) is 14.0. The quantitative estimate of drug-likeness (QED) is 0.644. The molecule has 0 saturated heterocycles. The zero-order chi connectivity index (χ0) is 15.5. The van der Waals surface area contributed by atoms with Crippen LogP contribution in [-0.4, -0.2) is 17.2 Å². The Balaban J connectivity index is 2.04. The van der Waals surface area contributed by atoms with Crippen molar-refractivity contribution < 1.29 is 4.92 Å². The molecule has 0 N–H and O–H groups in total. The SMILES string of the molecule is N#CCc1cccc2c1CCN=C2c1ccc([N+](=O)[O-])cc1. The first-order valence-electron chi connectivity index (χ1n) is 6.98. The second kappa shape index (κ2) is 5.78. The standard InChI is InChI=1S/C17H13N3O2/c18-10-8-12-2-1-3-16-15(12)9-11-19-17(16)13-4-6-14(7-5-13)20(21)22/h1-7H,8-9,11H2. The minimum absolute atomic E-state index is 0.0682. The van der Waals surface area contributed by atoms with Crippen LogP contribution in [-0.2, 0) is 12.8 Å². The van der Waals surface area contributed by atoms with Crippen molar-refractivity contribution in [2.75, 3.05) is 6.54 Å². The molecule has 0 spiro atoms. The summed E-state index contributed by atoms with van der Waals surface area (Å²) < 4.78 is 0. The van der Waals surface area contributed by atoms with E-state index >= 15 is 0 Å². The summed E-state index contributed by atoms with van der Waals surface area (Å²) in [6.45, 7) is 0.668. The van der Waals surface area contributed by atoms with E-state index in [1.807, 2.05) is 18.2 Å². The average Bonchev–Trinajstić information content (AvgIpc) is 2.55. The highest BCUT2D eigenvalue weighted by molar-refractivity contribution is 6.14. The molecule has 1 heterocycles. The van der Waals surface area contributed by atoms with Crippen molar-refractivity contribution >= 4 is 11.4 Å². The maximum Gasteiger partial charge on any atom is 0.269 e. The van der Waals surface area contributed by atoms with Gasteiger partial charge < -0.3 is 0 Å². The molecule has 0 radical (unpaired) electrons. The van der Waals surface area contributed by atoms with Gasteiger partial charge in [0.2, 0.25) is 0 Å². The van der Waals surface area contributed by atoms with Gasteiger partial charge in [0.1, 0.15) is 0 Å². The third-order valence-electron chi connectivity index (χ3n) is 3.78. The van der Waals surface area contributed by atoms with Gasteiger partial charge in [-0.1, -0.05) is 18.2 Å². The van der Waals surface area contributed by atoms with E-state index < -0.39 is 4.92 Å². The van der Waals surface area contributed by atoms with E-state index in [9.17, 15) is 10.1 Å². The van der Waals surface area contributed by atoms with E-state index in [4.69, 9.17) is 5.26 Å². The van der Waals surface area contributed by atoms with Gasteiger partial charge in [0, 0.05) is 29.8 Å². The molecular weight excluding hydrogens is 278 g/mol. The van der Waals surface area contributed by atoms with E-state index in [0.29, 0.717) is 13.0 Å². The van der Waals surface area contributed by atoms with Crippen molar-refractivity contribution in [2.45, 2.75) is 12.8 Å². The predicted octanol–water partition coefficient (Wildman–Crippen LogP) is 3.05. The number of aliphatic imine (C=N–C) groups is 1. The molecule has 3 rings (SSSR count). The van der Waals surface area contributed by atoms with Crippen LogP contribution in [0.15, 0.2) is 47.5 Å². The lowest BCUT2D eigenvalue weighted by Crippen LogP contribution is -2.16. The zero-order valence-corrected chi connectivity index (χ0v) is 11.8. The molecule has 22 heavy (non-hydrogen) atoms. The number of nitriles is 1. The second-order valence-corrected chi connectivity index (χ2v) is 5.06. The number of nitrogens with zero attached hydrogens (tertiary/aromatic N) is 3. The monoisotopic (exact) mass is 291 g/mol. The van der Waals surface area contributed by atoms with Crippen LogP contribution in [0.2, 0.25) is 0 Å². The van der Waals surface area contributed by atoms with Crippen LogP contribution in [0.25, 0.3) is 0 Å². The molecule has 0 fully saturated rings. The van der Waals surface area contributed by atoms with Gasteiger partial charge in [-0.05, 0) is 29.7 Å². The molecule has 0 amide bonds. The summed E-state index contributed by atoms with van der Waals surface area (Å²) in [4.78, 5) is 14.9. The fourth-order valence-corrected chi connectivity index (χ4v) is 2.76. The number of nitro benzene ring substituents is 1. The summed E-state index contributed by atoms with van der Waals surface area (Å²) in [5.41, 5.74) is 4.99. The molecule has 5 nitrogen and oxygen atoms in total. The van der Waals surface area contributed by atoms with E-state index in [1.54, 1.807) is 12.1 Å². The number of hydrogen-bond acceptors (Lipinski definition) is 4. The average molecular weight is 291 g/mol. The summed E-state index contributed by atoms with van der Waals surface area (Å²) in [6, 6.07) is 14.5. The lowest BCUT2D eigenvalue weighted by atomic mass is 9.89. The van der Waals surface area contributed by atoms with Crippen LogP contribution in [0.4, 0.5) is 5.69 Å². The Morgan fingerprint density at radius 3 is 2.68 bits per heavy atom. The summed E-state index contributed by atoms with van der Waals surface area (Å²) >= 11 is 0. The number of benzene rings is 2. The molecule has 0 unspecified atom stereocenters. The van der Waals surface area contributed by atoms with Crippen LogP contribution in [0.3, 0.4) is 0 Å². The molecular formula is C17H13N3O2. The van der Waals surface area contributed by atoms with Crippen LogP contribution < -0.4 is 0 Å². The Kier molecular flexibility index (Phi) is 3.67. The van der Waals surface area contributed by atoms with Crippen molar-refractivity contribution in [1.29, 1.82) is 5.26 Å². The van der Waals surface area contributed by atoms with Crippen molar-refractivity contribution in [1.82, 2.24) is 0 Å². The van der Waals surface area contributed by atoms with Crippen molar-refractivity contribution in [3.05, 3.63) is 74.8 Å². The molecule has 1 aliphatic heterocycles. The van der Waals surface area contributed by atoms with Gasteiger partial charge in [0.25, 0.3) is 5.69 Å². The van der Waals surface area contributed by atoms with Crippen LogP contribution in [0, 0.1) is 21.4 Å². The topological polar surface area (TPSA) is 79.3 Å². The highest BCUT2D eigenvalue weighted by Crippen LogP contribution is 2.25. The summed E-state index contributed by atoms with van der Waals surface area (Å²) in [5, 5.41) is 19.7. The second-order valence-electron chi connectivity index (χ2n) is 5.06. The summed E-state index contributed by atoms with van der Waals surface area (Å²) in [7, 11) is 0. The number of hydrogen-bond donors (Lipinski definition) is 0. The third kappa shape index (κ3) is 2.47. The van der Waals surface area contributed by atoms with Gasteiger partial charge in [-0.25, -0.2) is 0 Å². The van der Waals surface area contributed by atoms with Gasteiger partial charge in [-0.3, -0.25) is 15.1 Å². The molecule has 5 heteroatoms. The van der Waals surface area contributed by atoms with Crippen LogP contribution >= 0.6 is 0 Å². The fraction of sp³-hybridized carbons (Fsp3) is 0.176. The maximum atomic E-state index is 10.7. The van der Waals surface area contributed by atoms with Gasteiger partial charge >= 0.3 is 0 Å². The van der Waals surface area contributed by atoms with Gasteiger partial charge in [0.15, 0.2) is 0 Å². The zero-order valence-electron chi connectivity index (χ0n) is 11.8. The Morgan fingerprint density at radius 2 is 2.00 bits per heavy atom. The number of fused-ring (bicyclic) bond motifs is 1. The van der Waals surface area contributed by atoms with Crippen molar-refractivity contribution in [3.8, 4) is 6.07 Å². The number of non-ortho nitro benzene ring substituents is 1. The molecule has 108 valence electrons. The Morgan fingerprint density at radius 1 is 1.23 bits per heavy atom. The Hall–Kier alpha value is -3.00. The molecule has 0 saturated carbocycles. The van der Waals surface area contributed by atoms with Crippen molar-refractivity contribution in [2.24, 2.45) is 4.99 Å². The highest BCUT2D eigenvalue weighted by Gasteiger charge is 2.18. The first-order valence-corrected chi connectivity index (χ1v) is 6.98. The molecule has 0 atom stereocenters. The Bertz CT molecular complexity index is 802. The minimum Gasteiger partial charge on any atom is -0.284 e. The third-order valence-corrected chi connectivity index (χ3v) is 3.78. The molecule has 1 aliphatic rings. The van der Waals surface area contributed by atoms with Crippen molar-refractivity contribution in [3.63, 3.8) is 0 Å².